The Morgan fingerprint density at radius 1 is 1.35 bits per heavy atom. The molecule has 0 saturated heterocycles. The van der Waals surface area contributed by atoms with E-state index >= 15 is 0 Å². The van der Waals surface area contributed by atoms with Crippen LogP contribution in [0, 0.1) is 0 Å². The first-order valence-electron chi connectivity index (χ1n) is 6.67. The van der Waals surface area contributed by atoms with Gasteiger partial charge in [-0.2, -0.15) is 0 Å². The highest BCUT2D eigenvalue weighted by atomic mass is 16.5. The number of ether oxygens (including phenoxy) is 1. The highest BCUT2D eigenvalue weighted by Crippen LogP contribution is 2.35. The minimum Gasteiger partial charge on any atom is -0.496 e. The molecule has 6 nitrogen and oxygen atoms in total. The van der Waals surface area contributed by atoms with Crippen LogP contribution in [0.1, 0.15) is 24.4 Å². The van der Waals surface area contributed by atoms with Crippen LogP contribution in [0.2, 0.25) is 0 Å². The van der Waals surface area contributed by atoms with Gasteiger partial charge in [0.05, 0.1) is 19.8 Å². The van der Waals surface area contributed by atoms with E-state index in [0.29, 0.717) is 12.3 Å². The van der Waals surface area contributed by atoms with Crippen molar-refractivity contribution >= 4 is 5.69 Å². The molecule has 0 aliphatic carbocycles. The number of aliphatic hydroxyl groups excluding tert-OH is 1. The van der Waals surface area contributed by atoms with Crippen LogP contribution in [0.3, 0.4) is 0 Å². The molecular formula is C14H18N4O2. The highest BCUT2D eigenvalue weighted by molar-refractivity contribution is 5.60. The molecule has 2 aromatic rings. The average molecular weight is 274 g/mol. The van der Waals surface area contributed by atoms with E-state index in [-0.39, 0.29) is 0 Å². The Balaban J connectivity index is 1.99. The maximum absolute atomic E-state index is 10.1. The molecule has 0 amide bonds. The zero-order chi connectivity index (χ0) is 14.1. The first-order valence-corrected chi connectivity index (χ1v) is 6.67. The maximum atomic E-state index is 10.1. The van der Waals surface area contributed by atoms with E-state index in [9.17, 15) is 5.11 Å². The molecule has 1 aliphatic rings. The van der Waals surface area contributed by atoms with Gasteiger partial charge >= 0.3 is 0 Å². The Labute approximate surface area is 117 Å². The predicted molar refractivity (Wildman–Crippen MR) is 74.7 cm³/mol. The first kappa shape index (κ1) is 12.9. The van der Waals surface area contributed by atoms with E-state index in [1.807, 2.05) is 18.2 Å². The minimum atomic E-state index is -0.582. The van der Waals surface area contributed by atoms with Crippen molar-refractivity contribution in [1.29, 1.82) is 0 Å². The van der Waals surface area contributed by atoms with Gasteiger partial charge in [-0.05, 0) is 19.1 Å². The lowest BCUT2D eigenvalue weighted by molar-refractivity contribution is 0.194. The number of aliphatic hydroxyl groups is 1. The number of rotatable bonds is 3. The summed E-state index contributed by atoms with van der Waals surface area (Å²) in [5.41, 5.74) is 1.82. The average Bonchev–Trinajstić information content (AvgIpc) is 2.93. The summed E-state index contributed by atoms with van der Waals surface area (Å²) >= 11 is 0. The number of nitrogens with zero attached hydrogens (tertiary/aromatic N) is 4. The molecule has 1 aromatic carbocycles. The van der Waals surface area contributed by atoms with Gasteiger partial charge in [-0.15, -0.1) is 10.2 Å². The number of fused-ring (bicyclic) bond motifs is 1. The van der Waals surface area contributed by atoms with E-state index in [4.69, 9.17) is 4.74 Å². The van der Waals surface area contributed by atoms with E-state index in [0.717, 1.165) is 30.2 Å². The fraction of sp³-hybridized carbons (Fsp3) is 0.429. The Morgan fingerprint density at radius 2 is 2.20 bits per heavy atom. The number of methoxy groups -OCH3 is 1. The van der Waals surface area contributed by atoms with Crippen LogP contribution in [0.4, 0.5) is 5.69 Å². The summed E-state index contributed by atoms with van der Waals surface area (Å²) in [5.74, 6) is 1.65. The summed E-state index contributed by atoms with van der Waals surface area (Å²) in [6.07, 6.45) is 1.18. The van der Waals surface area contributed by atoms with E-state index in [1.165, 1.54) is 0 Å². The summed E-state index contributed by atoms with van der Waals surface area (Å²) in [4.78, 5) is 2.20. The summed E-state index contributed by atoms with van der Waals surface area (Å²) in [6.45, 7) is 4.15. The number of hydrogen-bond donors (Lipinski definition) is 1. The normalized spacial score (nSPS) is 15.8. The molecule has 1 atom stereocenters. The summed E-state index contributed by atoms with van der Waals surface area (Å²) < 4.78 is 7.43. The van der Waals surface area contributed by atoms with Gasteiger partial charge in [-0.3, -0.25) is 0 Å². The lowest BCUT2D eigenvalue weighted by Gasteiger charge is -2.31. The molecule has 0 spiro atoms. The van der Waals surface area contributed by atoms with E-state index in [1.54, 1.807) is 20.4 Å². The molecular weight excluding hydrogens is 256 g/mol. The summed E-state index contributed by atoms with van der Waals surface area (Å²) in [7, 11) is 1.62. The minimum absolute atomic E-state index is 0.582. The third-order valence-electron chi connectivity index (χ3n) is 3.66. The van der Waals surface area contributed by atoms with Crippen LogP contribution in [0.25, 0.3) is 0 Å². The van der Waals surface area contributed by atoms with Crippen molar-refractivity contribution in [3.05, 3.63) is 35.9 Å². The van der Waals surface area contributed by atoms with Crippen LogP contribution in [-0.4, -0.2) is 33.5 Å². The van der Waals surface area contributed by atoms with Crippen molar-refractivity contribution in [2.45, 2.75) is 26.1 Å². The van der Waals surface area contributed by atoms with Crippen LogP contribution in [-0.2, 0) is 13.1 Å². The molecule has 0 saturated carbocycles. The number of benzene rings is 1. The Morgan fingerprint density at radius 3 is 2.95 bits per heavy atom. The third kappa shape index (κ3) is 2.12. The van der Waals surface area contributed by atoms with Gasteiger partial charge in [0.2, 0.25) is 0 Å². The lowest BCUT2D eigenvalue weighted by Crippen LogP contribution is -2.34. The Kier molecular flexibility index (Phi) is 3.31. The van der Waals surface area contributed by atoms with Crippen LogP contribution < -0.4 is 9.64 Å². The van der Waals surface area contributed by atoms with Crippen molar-refractivity contribution in [2.24, 2.45) is 0 Å². The maximum Gasteiger partial charge on any atom is 0.152 e. The molecule has 0 bridgehead atoms. The molecule has 3 rings (SSSR count). The van der Waals surface area contributed by atoms with Gasteiger partial charge < -0.3 is 19.3 Å². The Bertz CT molecular complexity index is 609. The molecule has 6 heteroatoms. The van der Waals surface area contributed by atoms with Gasteiger partial charge in [0.15, 0.2) is 5.82 Å². The standard InChI is InChI=1S/C14H18N4O2/c1-10(19)14-11(4-3-5-12(14)20-2)17-6-7-18-9-15-16-13(18)8-17/h3-5,9-10,19H,6-8H2,1-2H3/t10-/m0/s1. The monoisotopic (exact) mass is 274 g/mol. The summed E-state index contributed by atoms with van der Waals surface area (Å²) in [6, 6.07) is 5.83. The van der Waals surface area contributed by atoms with Crippen molar-refractivity contribution in [1.82, 2.24) is 14.8 Å². The topological polar surface area (TPSA) is 63.4 Å². The SMILES string of the molecule is COc1cccc(N2CCn3cnnc3C2)c1[C@H](C)O. The zero-order valence-corrected chi connectivity index (χ0v) is 11.7. The summed E-state index contributed by atoms with van der Waals surface area (Å²) in [5, 5.41) is 18.1. The molecule has 1 aromatic heterocycles. The van der Waals surface area contributed by atoms with Gasteiger partial charge in [0.1, 0.15) is 12.1 Å². The molecule has 0 fully saturated rings. The van der Waals surface area contributed by atoms with Crippen LogP contribution in [0.15, 0.2) is 24.5 Å². The fourth-order valence-electron chi connectivity index (χ4n) is 2.68. The second-order valence-electron chi connectivity index (χ2n) is 4.93. The zero-order valence-electron chi connectivity index (χ0n) is 11.7. The third-order valence-corrected chi connectivity index (χ3v) is 3.66. The van der Waals surface area contributed by atoms with Gasteiger partial charge in [0, 0.05) is 24.3 Å². The second kappa shape index (κ2) is 5.13. The molecule has 2 heterocycles. The fourth-order valence-corrected chi connectivity index (χ4v) is 2.68. The van der Waals surface area contributed by atoms with E-state index in [2.05, 4.69) is 19.7 Å². The lowest BCUT2D eigenvalue weighted by atomic mass is 10.1. The quantitative estimate of drug-likeness (QED) is 0.915. The smallest absolute Gasteiger partial charge is 0.152 e. The number of anilines is 1. The molecule has 106 valence electrons. The van der Waals surface area contributed by atoms with Gasteiger partial charge in [-0.25, -0.2) is 0 Å². The number of hydrogen-bond acceptors (Lipinski definition) is 5. The van der Waals surface area contributed by atoms with E-state index < -0.39 is 6.10 Å². The van der Waals surface area contributed by atoms with Crippen molar-refractivity contribution in [2.75, 3.05) is 18.6 Å². The number of aromatic nitrogens is 3. The van der Waals surface area contributed by atoms with Crippen LogP contribution in [0.5, 0.6) is 5.75 Å². The molecule has 20 heavy (non-hydrogen) atoms. The largest absolute Gasteiger partial charge is 0.496 e. The van der Waals surface area contributed by atoms with Crippen molar-refractivity contribution < 1.29 is 9.84 Å². The van der Waals surface area contributed by atoms with Crippen LogP contribution >= 0.6 is 0 Å². The first-order chi connectivity index (χ1) is 9.70. The molecule has 0 radical (unpaired) electrons. The molecule has 1 aliphatic heterocycles. The Hall–Kier alpha value is -2.08. The van der Waals surface area contributed by atoms with Gasteiger partial charge in [-0.1, -0.05) is 6.07 Å². The highest BCUT2D eigenvalue weighted by Gasteiger charge is 2.23. The molecule has 0 unspecified atom stereocenters. The van der Waals surface area contributed by atoms with Crippen molar-refractivity contribution in [3.63, 3.8) is 0 Å². The second-order valence-corrected chi connectivity index (χ2v) is 4.93. The van der Waals surface area contributed by atoms with Crippen molar-refractivity contribution in [3.8, 4) is 5.75 Å². The van der Waals surface area contributed by atoms with Gasteiger partial charge in [0.25, 0.3) is 0 Å². The molecule has 1 N–H and O–H groups in total. The predicted octanol–water partition coefficient (Wildman–Crippen LogP) is 1.36.